The van der Waals surface area contributed by atoms with Gasteiger partial charge in [-0.15, -0.1) is 5.10 Å². The van der Waals surface area contributed by atoms with Crippen molar-refractivity contribution < 1.29 is 28.2 Å². The van der Waals surface area contributed by atoms with Gasteiger partial charge >= 0.3 is 5.97 Å². The standard InChI is InChI=1S/C23H22FN3O5/c1-4-32-21(29)12-20(28)27-22-16-11-19(31-3)18(30-2)9-13(16)8-17(22)23(26-27)25-15-7-5-6-14(24)10-15/h5-7,9-11H,4,8,12H2,1-3H3,(H,25,26). The van der Waals surface area contributed by atoms with E-state index in [0.717, 1.165) is 16.7 Å². The zero-order chi connectivity index (χ0) is 22.8. The molecule has 1 aromatic heterocycles. The zero-order valence-corrected chi connectivity index (χ0v) is 17.9. The van der Waals surface area contributed by atoms with Crippen LogP contribution in [-0.4, -0.2) is 42.5 Å². The van der Waals surface area contributed by atoms with E-state index in [4.69, 9.17) is 14.2 Å². The van der Waals surface area contributed by atoms with Gasteiger partial charge in [-0.05, 0) is 42.8 Å². The summed E-state index contributed by atoms with van der Waals surface area (Å²) < 4.78 is 30.6. The molecule has 0 fully saturated rings. The first-order chi connectivity index (χ1) is 15.4. The number of carbonyl (C=O) groups excluding carboxylic acids is 2. The Kier molecular flexibility index (Phi) is 5.81. The fourth-order valence-corrected chi connectivity index (χ4v) is 3.77. The molecule has 8 nitrogen and oxygen atoms in total. The highest BCUT2D eigenvalue weighted by Gasteiger charge is 2.32. The van der Waals surface area contributed by atoms with E-state index in [1.165, 1.54) is 23.9 Å². The summed E-state index contributed by atoms with van der Waals surface area (Å²) in [7, 11) is 3.08. The second kappa shape index (κ2) is 8.70. The van der Waals surface area contributed by atoms with Gasteiger partial charge in [0.15, 0.2) is 17.3 Å². The second-order valence-electron chi connectivity index (χ2n) is 7.14. The van der Waals surface area contributed by atoms with Crippen LogP contribution in [-0.2, 0) is 16.0 Å². The fraction of sp³-hybridized carbons (Fsp3) is 0.261. The number of nitrogens with zero attached hydrogens (tertiary/aromatic N) is 2. The van der Waals surface area contributed by atoms with Crippen molar-refractivity contribution in [2.24, 2.45) is 0 Å². The molecular weight excluding hydrogens is 417 g/mol. The average Bonchev–Trinajstić information content (AvgIpc) is 3.30. The third-order valence-corrected chi connectivity index (χ3v) is 5.14. The largest absolute Gasteiger partial charge is 0.493 e. The molecule has 0 saturated heterocycles. The third kappa shape index (κ3) is 3.89. The molecule has 1 aliphatic carbocycles. The van der Waals surface area contributed by atoms with Crippen LogP contribution in [0.5, 0.6) is 11.5 Å². The van der Waals surface area contributed by atoms with Crippen molar-refractivity contribution in [3.8, 4) is 22.8 Å². The number of carbonyl (C=O) groups is 2. The highest BCUT2D eigenvalue weighted by molar-refractivity contribution is 5.99. The molecule has 3 aromatic rings. The van der Waals surface area contributed by atoms with Gasteiger partial charge in [-0.1, -0.05) is 6.07 Å². The Morgan fingerprint density at radius 3 is 2.59 bits per heavy atom. The minimum absolute atomic E-state index is 0.176. The first-order valence-electron chi connectivity index (χ1n) is 10.0. The van der Waals surface area contributed by atoms with Gasteiger partial charge in [0.2, 0.25) is 0 Å². The fourth-order valence-electron chi connectivity index (χ4n) is 3.77. The second-order valence-corrected chi connectivity index (χ2v) is 7.14. The molecular formula is C23H22FN3O5. The molecule has 2 aromatic carbocycles. The van der Waals surface area contributed by atoms with Crippen LogP contribution in [0.4, 0.5) is 15.9 Å². The van der Waals surface area contributed by atoms with Crippen LogP contribution in [0.3, 0.4) is 0 Å². The van der Waals surface area contributed by atoms with Gasteiger partial charge in [0.1, 0.15) is 12.2 Å². The van der Waals surface area contributed by atoms with E-state index >= 15 is 0 Å². The van der Waals surface area contributed by atoms with Gasteiger partial charge < -0.3 is 19.5 Å². The molecule has 0 unspecified atom stereocenters. The van der Waals surface area contributed by atoms with Crippen molar-refractivity contribution in [1.29, 1.82) is 0 Å². The molecule has 166 valence electrons. The van der Waals surface area contributed by atoms with Crippen LogP contribution in [0, 0.1) is 5.82 Å². The van der Waals surface area contributed by atoms with E-state index in [2.05, 4.69) is 10.4 Å². The summed E-state index contributed by atoms with van der Waals surface area (Å²) in [5.74, 6) is -0.0987. The maximum atomic E-state index is 13.7. The van der Waals surface area contributed by atoms with Crippen LogP contribution in [0.25, 0.3) is 11.3 Å². The van der Waals surface area contributed by atoms with Crippen LogP contribution >= 0.6 is 0 Å². The Hall–Kier alpha value is -3.88. The number of hydrogen-bond donors (Lipinski definition) is 1. The van der Waals surface area contributed by atoms with Gasteiger partial charge in [-0.25, -0.2) is 4.39 Å². The summed E-state index contributed by atoms with van der Waals surface area (Å²) in [6.07, 6.45) is 0.0132. The highest BCUT2D eigenvalue weighted by atomic mass is 19.1. The van der Waals surface area contributed by atoms with E-state index in [9.17, 15) is 14.0 Å². The number of benzene rings is 2. The molecule has 1 aliphatic rings. The Balaban J connectivity index is 1.81. The maximum Gasteiger partial charge on any atom is 0.315 e. The molecule has 1 heterocycles. The molecule has 32 heavy (non-hydrogen) atoms. The molecule has 0 bridgehead atoms. The van der Waals surface area contributed by atoms with Crippen molar-refractivity contribution in [2.45, 2.75) is 19.8 Å². The van der Waals surface area contributed by atoms with Crippen molar-refractivity contribution in [3.05, 3.63) is 53.3 Å². The Labute approximate surface area is 183 Å². The lowest BCUT2D eigenvalue weighted by molar-refractivity contribution is -0.142. The number of rotatable bonds is 7. The summed E-state index contributed by atoms with van der Waals surface area (Å²) in [6.45, 7) is 1.85. The number of halogens is 1. The van der Waals surface area contributed by atoms with Gasteiger partial charge in [-0.3, -0.25) is 9.59 Å². The van der Waals surface area contributed by atoms with Gasteiger partial charge in [-0.2, -0.15) is 4.68 Å². The van der Waals surface area contributed by atoms with E-state index in [1.807, 2.05) is 6.07 Å². The summed E-state index contributed by atoms with van der Waals surface area (Å²) in [5.41, 5.74) is 3.44. The lowest BCUT2D eigenvalue weighted by Gasteiger charge is -2.12. The van der Waals surface area contributed by atoms with Gasteiger partial charge in [0.05, 0.1) is 26.5 Å². The van der Waals surface area contributed by atoms with Crippen molar-refractivity contribution in [2.75, 3.05) is 26.1 Å². The van der Waals surface area contributed by atoms with Gasteiger partial charge in [0, 0.05) is 23.2 Å². The van der Waals surface area contributed by atoms with Crippen LogP contribution in [0.15, 0.2) is 36.4 Å². The Bertz CT molecular complexity index is 1200. The smallest absolute Gasteiger partial charge is 0.315 e. The number of hydrogen-bond acceptors (Lipinski definition) is 7. The minimum Gasteiger partial charge on any atom is -0.493 e. The molecule has 0 amide bonds. The molecule has 0 atom stereocenters. The monoisotopic (exact) mass is 439 g/mol. The summed E-state index contributed by atoms with van der Waals surface area (Å²) in [6, 6.07) is 9.57. The molecule has 0 aliphatic heterocycles. The van der Waals surface area contributed by atoms with Crippen molar-refractivity contribution >= 4 is 23.4 Å². The SMILES string of the molecule is CCOC(=O)CC(=O)n1nc(Nc2cccc(F)c2)c2c1-c1cc(OC)c(OC)cc1C2. The Morgan fingerprint density at radius 1 is 1.16 bits per heavy atom. The number of aromatic nitrogens is 2. The van der Waals surface area contributed by atoms with Crippen molar-refractivity contribution in [3.63, 3.8) is 0 Å². The van der Waals surface area contributed by atoms with Crippen LogP contribution < -0.4 is 14.8 Å². The maximum absolute atomic E-state index is 13.7. The predicted molar refractivity (Wildman–Crippen MR) is 115 cm³/mol. The normalized spacial score (nSPS) is 11.5. The topological polar surface area (TPSA) is 91.7 Å². The predicted octanol–water partition coefficient (Wildman–Crippen LogP) is 3.95. The first-order valence-corrected chi connectivity index (χ1v) is 10.0. The van der Waals surface area contributed by atoms with Crippen LogP contribution in [0.1, 0.15) is 29.3 Å². The lowest BCUT2D eigenvalue weighted by Crippen LogP contribution is -2.19. The lowest BCUT2D eigenvalue weighted by atomic mass is 10.1. The van der Waals surface area contributed by atoms with Crippen molar-refractivity contribution in [1.82, 2.24) is 9.78 Å². The Morgan fingerprint density at radius 2 is 1.91 bits per heavy atom. The number of ether oxygens (including phenoxy) is 3. The first kappa shape index (κ1) is 21.4. The van der Waals surface area contributed by atoms with Crippen LogP contribution in [0.2, 0.25) is 0 Å². The molecule has 1 N–H and O–H groups in total. The number of fused-ring (bicyclic) bond motifs is 3. The highest BCUT2D eigenvalue weighted by Crippen LogP contribution is 2.45. The van der Waals surface area contributed by atoms with E-state index in [-0.39, 0.29) is 6.61 Å². The molecule has 9 heteroatoms. The van der Waals surface area contributed by atoms with E-state index < -0.39 is 24.1 Å². The molecule has 0 radical (unpaired) electrons. The number of esters is 1. The third-order valence-electron chi connectivity index (χ3n) is 5.14. The quantitative estimate of drug-likeness (QED) is 0.344. The summed E-state index contributed by atoms with van der Waals surface area (Å²) in [5, 5.41) is 7.51. The van der Waals surface area contributed by atoms with E-state index in [0.29, 0.717) is 35.1 Å². The summed E-state index contributed by atoms with van der Waals surface area (Å²) in [4.78, 5) is 24.9. The molecule has 0 spiro atoms. The van der Waals surface area contributed by atoms with E-state index in [1.54, 1.807) is 32.2 Å². The van der Waals surface area contributed by atoms with Gasteiger partial charge in [0.25, 0.3) is 5.91 Å². The summed E-state index contributed by atoms with van der Waals surface area (Å²) >= 11 is 0. The number of methoxy groups -OCH3 is 2. The molecule has 0 saturated carbocycles. The average molecular weight is 439 g/mol. The minimum atomic E-state index is -0.632. The molecule has 4 rings (SSSR count). The zero-order valence-electron chi connectivity index (χ0n) is 17.9. The number of anilines is 2. The number of nitrogens with one attached hydrogen (secondary N) is 1.